The normalized spacial score (nSPS) is 20.3. The van der Waals surface area contributed by atoms with Gasteiger partial charge in [0.2, 0.25) is 0 Å². The van der Waals surface area contributed by atoms with Gasteiger partial charge in [0.15, 0.2) is 11.5 Å². The van der Waals surface area contributed by atoms with Crippen molar-refractivity contribution < 1.29 is 9.47 Å². The average Bonchev–Trinajstić information content (AvgIpc) is 2.73. The first kappa shape index (κ1) is 10.3. The van der Waals surface area contributed by atoms with Crippen LogP contribution >= 0.6 is 0 Å². The predicted molar refractivity (Wildman–Crippen MR) is 59.6 cm³/mol. The molecule has 0 bridgehead atoms. The van der Waals surface area contributed by atoms with Gasteiger partial charge in [0, 0.05) is 6.54 Å². The Morgan fingerprint density at radius 1 is 1.33 bits per heavy atom. The molecule has 3 heteroatoms. The maximum Gasteiger partial charge on any atom is 0.161 e. The lowest BCUT2D eigenvalue weighted by atomic mass is 10.2. The molecule has 1 atom stereocenters. The van der Waals surface area contributed by atoms with Crippen molar-refractivity contribution in [3.63, 3.8) is 0 Å². The zero-order chi connectivity index (χ0) is 10.7. The molecule has 1 N–H and O–H groups in total. The fraction of sp³-hybridized carbons (Fsp3) is 0.500. The summed E-state index contributed by atoms with van der Waals surface area (Å²) in [4.78, 5) is 0. The molecule has 0 unspecified atom stereocenters. The van der Waals surface area contributed by atoms with Crippen LogP contribution in [0.4, 0.5) is 0 Å². The van der Waals surface area contributed by atoms with Crippen molar-refractivity contribution in [1.82, 2.24) is 5.32 Å². The van der Waals surface area contributed by atoms with Crippen LogP contribution in [0.5, 0.6) is 11.5 Å². The molecule has 15 heavy (non-hydrogen) atoms. The standard InChI is InChI=1S/C12H17NO2/c1-9-3-4-11(12(7-9)14-2)15-10-5-6-13-8-10/h3-4,7,10,13H,5-6,8H2,1-2H3/t10-/m0/s1. The first-order valence-corrected chi connectivity index (χ1v) is 5.31. The number of methoxy groups -OCH3 is 1. The van der Waals surface area contributed by atoms with Crippen molar-refractivity contribution in [2.24, 2.45) is 0 Å². The summed E-state index contributed by atoms with van der Waals surface area (Å²) in [6, 6.07) is 6.02. The highest BCUT2D eigenvalue weighted by molar-refractivity contribution is 5.42. The number of nitrogens with one attached hydrogen (secondary N) is 1. The third kappa shape index (κ3) is 2.42. The molecule has 1 aromatic rings. The van der Waals surface area contributed by atoms with Gasteiger partial charge in [-0.2, -0.15) is 0 Å². The Hall–Kier alpha value is -1.22. The highest BCUT2D eigenvalue weighted by Gasteiger charge is 2.17. The van der Waals surface area contributed by atoms with E-state index in [-0.39, 0.29) is 6.10 Å². The second-order valence-corrected chi connectivity index (χ2v) is 3.89. The summed E-state index contributed by atoms with van der Waals surface area (Å²) in [5, 5.41) is 3.28. The number of aryl methyl sites for hydroxylation is 1. The summed E-state index contributed by atoms with van der Waals surface area (Å²) in [5.74, 6) is 1.67. The van der Waals surface area contributed by atoms with Gasteiger partial charge in [0.1, 0.15) is 6.10 Å². The molecule has 82 valence electrons. The van der Waals surface area contributed by atoms with E-state index < -0.39 is 0 Å². The van der Waals surface area contributed by atoms with E-state index >= 15 is 0 Å². The quantitative estimate of drug-likeness (QED) is 0.819. The van der Waals surface area contributed by atoms with Crippen molar-refractivity contribution >= 4 is 0 Å². The molecule has 0 saturated carbocycles. The molecule has 0 aromatic heterocycles. The summed E-state index contributed by atoms with van der Waals surface area (Å²) in [7, 11) is 1.68. The number of benzene rings is 1. The van der Waals surface area contributed by atoms with E-state index in [9.17, 15) is 0 Å². The molecule has 0 radical (unpaired) electrons. The highest BCUT2D eigenvalue weighted by atomic mass is 16.5. The summed E-state index contributed by atoms with van der Waals surface area (Å²) in [5.41, 5.74) is 1.18. The van der Waals surface area contributed by atoms with E-state index in [0.717, 1.165) is 31.0 Å². The van der Waals surface area contributed by atoms with Crippen molar-refractivity contribution in [3.05, 3.63) is 23.8 Å². The van der Waals surface area contributed by atoms with Crippen molar-refractivity contribution in [2.75, 3.05) is 20.2 Å². The van der Waals surface area contributed by atoms with Crippen LogP contribution in [0.2, 0.25) is 0 Å². The van der Waals surface area contributed by atoms with Gasteiger partial charge in [-0.15, -0.1) is 0 Å². The SMILES string of the molecule is COc1cc(C)ccc1O[C@H]1CCNC1. The van der Waals surface area contributed by atoms with Gasteiger partial charge < -0.3 is 14.8 Å². The van der Waals surface area contributed by atoms with Crippen molar-refractivity contribution in [1.29, 1.82) is 0 Å². The summed E-state index contributed by atoms with van der Waals surface area (Å²) < 4.78 is 11.2. The third-order valence-corrected chi connectivity index (χ3v) is 2.63. The minimum Gasteiger partial charge on any atom is -0.493 e. The molecule has 3 nitrogen and oxygen atoms in total. The largest absolute Gasteiger partial charge is 0.493 e. The van der Waals surface area contributed by atoms with Gasteiger partial charge in [-0.25, -0.2) is 0 Å². The van der Waals surface area contributed by atoms with Gasteiger partial charge in [-0.1, -0.05) is 6.07 Å². The number of ether oxygens (including phenoxy) is 2. The van der Waals surface area contributed by atoms with Crippen LogP contribution in [-0.4, -0.2) is 26.3 Å². The van der Waals surface area contributed by atoms with Gasteiger partial charge in [0.05, 0.1) is 7.11 Å². The zero-order valence-electron chi connectivity index (χ0n) is 9.25. The predicted octanol–water partition coefficient (Wildman–Crippen LogP) is 1.74. The van der Waals surface area contributed by atoms with Gasteiger partial charge in [-0.3, -0.25) is 0 Å². The monoisotopic (exact) mass is 207 g/mol. The van der Waals surface area contributed by atoms with Crippen molar-refractivity contribution in [2.45, 2.75) is 19.4 Å². The van der Waals surface area contributed by atoms with E-state index in [2.05, 4.69) is 5.32 Å². The van der Waals surface area contributed by atoms with Crippen LogP contribution in [-0.2, 0) is 0 Å². The fourth-order valence-corrected chi connectivity index (χ4v) is 1.78. The molecule has 1 aromatic carbocycles. The van der Waals surface area contributed by atoms with E-state index in [0.29, 0.717) is 0 Å². The van der Waals surface area contributed by atoms with Crippen LogP contribution in [0.3, 0.4) is 0 Å². The molecule has 0 amide bonds. The lowest BCUT2D eigenvalue weighted by molar-refractivity contribution is 0.212. The smallest absolute Gasteiger partial charge is 0.161 e. The van der Waals surface area contributed by atoms with E-state index in [1.54, 1.807) is 7.11 Å². The van der Waals surface area contributed by atoms with Gasteiger partial charge >= 0.3 is 0 Å². The first-order valence-electron chi connectivity index (χ1n) is 5.31. The lowest BCUT2D eigenvalue weighted by Gasteiger charge is -2.15. The Kier molecular flexibility index (Phi) is 3.11. The lowest BCUT2D eigenvalue weighted by Crippen LogP contribution is -2.19. The molecule has 1 fully saturated rings. The molecule has 0 spiro atoms. The number of hydrogen-bond donors (Lipinski definition) is 1. The van der Waals surface area contributed by atoms with E-state index in [4.69, 9.17) is 9.47 Å². The Morgan fingerprint density at radius 2 is 2.20 bits per heavy atom. The molecule has 2 rings (SSSR count). The first-order chi connectivity index (χ1) is 7.29. The fourth-order valence-electron chi connectivity index (χ4n) is 1.78. The summed E-state index contributed by atoms with van der Waals surface area (Å²) in [6.45, 7) is 4.01. The maximum absolute atomic E-state index is 5.86. The Balaban J connectivity index is 2.12. The second kappa shape index (κ2) is 4.53. The molecule has 1 heterocycles. The zero-order valence-corrected chi connectivity index (χ0v) is 9.25. The Labute approximate surface area is 90.4 Å². The minimum absolute atomic E-state index is 0.279. The molecule has 1 aliphatic rings. The van der Waals surface area contributed by atoms with Crippen LogP contribution in [0.15, 0.2) is 18.2 Å². The molecular weight excluding hydrogens is 190 g/mol. The number of hydrogen-bond acceptors (Lipinski definition) is 3. The Bertz CT molecular complexity index is 332. The van der Waals surface area contributed by atoms with Gasteiger partial charge in [0.25, 0.3) is 0 Å². The van der Waals surface area contributed by atoms with E-state index in [1.807, 2.05) is 25.1 Å². The second-order valence-electron chi connectivity index (χ2n) is 3.89. The molecule has 1 saturated heterocycles. The summed E-state index contributed by atoms with van der Waals surface area (Å²) in [6.07, 6.45) is 1.35. The summed E-state index contributed by atoms with van der Waals surface area (Å²) >= 11 is 0. The maximum atomic E-state index is 5.86. The molecular formula is C12H17NO2. The van der Waals surface area contributed by atoms with Crippen molar-refractivity contribution in [3.8, 4) is 11.5 Å². The minimum atomic E-state index is 0.279. The van der Waals surface area contributed by atoms with Crippen LogP contribution in [0.1, 0.15) is 12.0 Å². The van der Waals surface area contributed by atoms with Gasteiger partial charge in [-0.05, 0) is 37.6 Å². The Morgan fingerprint density at radius 3 is 2.87 bits per heavy atom. The van der Waals surface area contributed by atoms with E-state index in [1.165, 1.54) is 5.56 Å². The molecule has 1 aliphatic heterocycles. The number of rotatable bonds is 3. The average molecular weight is 207 g/mol. The van der Waals surface area contributed by atoms with Crippen LogP contribution in [0, 0.1) is 6.92 Å². The molecule has 0 aliphatic carbocycles. The highest BCUT2D eigenvalue weighted by Crippen LogP contribution is 2.29. The van der Waals surface area contributed by atoms with Crippen LogP contribution in [0.25, 0.3) is 0 Å². The van der Waals surface area contributed by atoms with Crippen LogP contribution < -0.4 is 14.8 Å². The topological polar surface area (TPSA) is 30.5 Å². The third-order valence-electron chi connectivity index (χ3n) is 2.63.